The lowest BCUT2D eigenvalue weighted by molar-refractivity contribution is -0.305. The van der Waals surface area contributed by atoms with E-state index in [4.69, 9.17) is 14.2 Å². The quantitative estimate of drug-likeness (QED) is 0.0195. The lowest BCUT2D eigenvalue weighted by Crippen LogP contribution is -2.61. The highest BCUT2D eigenvalue weighted by Crippen LogP contribution is 2.26. The Labute approximate surface area is 447 Å². The molecule has 1 aliphatic rings. The van der Waals surface area contributed by atoms with E-state index in [2.05, 4.69) is 50.4 Å². The van der Waals surface area contributed by atoms with Gasteiger partial charge in [0.05, 0.1) is 25.4 Å². The van der Waals surface area contributed by atoms with Crippen molar-refractivity contribution in [3.05, 3.63) is 36.5 Å². The van der Waals surface area contributed by atoms with Gasteiger partial charge in [-0.1, -0.05) is 256 Å². The van der Waals surface area contributed by atoms with Gasteiger partial charge in [-0.2, -0.15) is 0 Å². The second kappa shape index (κ2) is 50.7. The number of ether oxygens (including phenoxy) is 3. The molecule has 6 N–H and O–H groups in total. The molecule has 0 bridgehead atoms. The average molecular weight is 1030 g/mol. The summed E-state index contributed by atoms with van der Waals surface area (Å²) in [6.45, 7) is 5.78. The molecule has 1 heterocycles. The molecule has 8 atom stereocenters. The Morgan fingerprint density at radius 2 is 0.945 bits per heavy atom. The number of rotatable bonds is 52. The number of esters is 1. The maximum absolute atomic E-state index is 13.4. The van der Waals surface area contributed by atoms with Gasteiger partial charge in [-0.3, -0.25) is 9.59 Å². The predicted octanol–water partition coefficient (Wildman–Crippen LogP) is 14.3. The number of carbonyl (C=O) groups excluding carboxylic acids is 2. The number of aliphatic hydroxyl groups is 5. The molecule has 11 heteroatoms. The van der Waals surface area contributed by atoms with Gasteiger partial charge < -0.3 is 45.1 Å². The number of allylic oxidation sites excluding steroid dienone is 5. The Hall–Kier alpha value is -2.12. The fourth-order valence-corrected chi connectivity index (χ4v) is 9.62. The summed E-state index contributed by atoms with van der Waals surface area (Å²) in [4.78, 5) is 26.5. The number of nitrogens with one attached hydrogen (secondary N) is 1. The molecule has 428 valence electrons. The molecule has 1 saturated heterocycles. The van der Waals surface area contributed by atoms with Gasteiger partial charge in [-0.05, 0) is 57.8 Å². The van der Waals surface area contributed by atoms with Crippen molar-refractivity contribution in [2.24, 2.45) is 0 Å². The summed E-state index contributed by atoms with van der Waals surface area (Å²) in [6.07, 6.45) is 48.9. The van der Waals surface area contributed by atoms with Gasteiger partial charge >= 0.3 is 5.97 Å². The first kappa shape index (κ1) is 68.9. The minimum atomic E-state index is -1.61. The summed E-state index contributed by atoms with van der Waals surface area (Å²) >= 11 is 0. The molecule has 0 saturated carbocycles. The molecule has 8 unspecified atom stereocenters. The van der Waals surface area contributed by atoms with Crippen molar-refractivity contribution in [3.8, 4) is 0 Å². The van der Waals surface area contributed by atoms with Crippen molar-refractivity contribution in [1.82, 2.24) is 5.32 Å². The Balaban J connectivity index is 2.71. The second-order valence-corrected chi connectivity index (χ2v) is 21.4. The van der Waals surface area contributed by atoms with Crippen molar-refractivity contribution < 1.29 is 49.3 Å². The molecular formula is C62H115NO10. The van der Waals surface area contributed by atoms with Crippen molar-refractivity contribution in [2.45, 2.75) is 333 Å². The van der Waals surface area contributed by atoms with E-state index in [0.717, 1.165) is 83.5 Å². The summed E-state index contributed by atoms with van der Waals surface area (Å²) in [5.74, 6) is -1.19. The molecule has 0 spiro atoms. The van der Waals surface area contributed by atoms with Crippen LogP contribution in [0.15, 0.2) is 36.5 Å². The van der Waals surface area contributed by atoms with Gasteiger partial charge in [-0.25, -0.2) is 0 Å². The third-order valence-electron chi connectivity index (χ3n) is 14.5. The number of aliphatic hydroxyl groups excluding tert-OH is 5. The lowest BCUT2D eigenvalue weighted by atomic mass is 9.99. The molecule has 1 fully saturated rings. The summed E-state index contributed by atoms with van der Waals surface area (Å²) in [6, 6.07) is -1.02. The van der Waals surface area contributed by atoms with Gasteiger partial charge in [-0.15, -0.1) is 0 Å². The zero-order valence-electron chi connectivity index (χ0n) is 47.3. The Morgan fingerprint density at radius 1 is 0.534 bits per heavy atom. The van der Waals surface area contributed by atoms with E-state index < -0.39 is 67.4 Å². The third kappa shape index (κ3) is 39.0. The molecule has 11 nitrogen and oxygen atoms in total. The molecule has 1 amide bonds. The van der Waals surface area contributed by atoms with Gasteiger partial charge in [0.15, 0.2) is 12.4 Å². The van der Waals surface area contributed by atoms with Crippen molar-refractivity contribution in [3.63, 3.8) is 0 Å². The molecule has 0 aliphatic carbocycles. The number of unbranched alkanes of at least 4 members (excludes halogenated alkanes) is 34. The Bertz CT molecular complexity index is 1330. The van der Waals surface area contributed by atoms with Crippen LogP contribution >= 0.6 is 0 Å². The minimum Gasteiger partial charge on any atom is -0.454 e. The van der Waals surface area contributed by atoms with Crippen LogP contribution in [0.3, 0.4) is 0 Å². The van der Waals surface area contributed by atoms with E-state index in [1.54, 1.807) is 6.08 Å². The van der Waals surface area contributed by atoms with Crippen LogP contribution in [0.25, 0.3) is 0 Å². The van der Waals surface area contributed by atoms with E-state index in [0.29, 0.717) is 12.8 Å². The highest BCUT2D eigenvalue weighted by Gasteiger charge is 2.47. The molecule has 0 radical (unpaired) electrons. The Kier molecular flexibility index (Phi) is 47.8. The molecule has 0 aromatic rings. The highest BCUT2D eigenvalue weighted by molar-refractivity contribution is 5.80. The molecule has 0 aromatic heterocycles. The maximum Gasteiger partial charge on any atom is 0.306 e. The van der Waals surface area contributed by atoms with Gasteiger partial charge in [0.1, 0.15) is 24.4 Å². The number of carbonyl (C=O) groups is 2. The molecule has 0 aromatic carbocycles. The van der Waals surface area contributed by atoms with E-state index in [-0.39, 0.29) is 19.4 Å². The number of hydrogen-bond donors (Lipinski definition) is 6. The van der Waals surface area contributed by atoms with E-state index in [9.17, 15) is 35.1 Å². The van der Waals surface area contributed by atoms with Crippen LogP contribution in [0, 0.1) is 0 Å². The first-order chi connectivity index (χ1) is 35.7. The fraction of sp³-hybridized carbons (Fsp3) is 0.871. The smallest absolute Gasteiger partial charge is 0.306 e. The standard InChI is InChI=1S/C62H115NO10/c1-4-7-10-13-16-19-22-25-27-29-31-34-37-40-43-46-49-55(66)61(70)63-53(54(65)48-45-42-39-36-33-30-24-21-18-15-12-9-6-3)52-71-62-60(59(69)58(68)56(51-64)72-62)73-57(67)50-47-44-41-38-35-32-28-26-23-20-17-14-11-8-5-2/h16,19,25,27,45,48,53-56,58-60,62,64-66,68-69H,4-15,17-18,20-24,26,28-44,46-47,49-52H2,1-3H3,(H,63,70)/b19-16-,27-25-,48-45+. The zero-order valence-corrected chi connectivity index (χ0v) is 47.3. The maximum atomic E-state index is 13.4. The largest absolute Gasteiger partial charge is 0.454 e. The summed E-state index contributed by atoms with van der Waals surface area (Å²) in [7, 11) is 0. The van der Waals surface area contributed by atoms with Gasteiger partial charge in [0, 0.05) is 6.42 Å². The zero-order chi connectivity index (χ0) is 53.3. The van der Waals surface area contributed by atoms with E-state index >= 15 is 0 Å². The van der Waals surface area contributed by atoms with Crippen LogP contribution in [-0.2, 0) is 23.8 Å². The molecule has 1 aliphatic heterocycles. The van der Waals surface area contributed by atoms with Crippen LogP contribution in [0.5, 0.6) is 0 Å². The normalized spacial score (nSPS) is 19.6. The predicted molar refractivity (Wildman–Crippen MR) is 301 cm³/mol. The van der Waals surface area contributed by atoms with E-state index in [1.807, 2.05) is 6.08 Å². The second-order valence-electron chi connectivity index (χ2n) is 21.4. The third-order valence-corrected chi connectivity index (χ3v) is 14.5. The van der Waals surface area contributed by atoms with Crippen LogP contribution in [0.2, 0.25) is 0 Å². The van der Waals surface area contributed by atoms with Crippen molar-refractivity contribution in [1.29, 1.82) is 0 Å². The summed E-state index contributed by atoms with van der Waals surface area (Å²) < 4.78 is 17.6. The van der Waals surface area contributed by atoms with Crippen LogP contribution in [0.1, 0.15) is 284 Å². The van der Waals surface area contributed by atoms with Crippen molar-refractivity contribution in [2.75, 3.05) is 13.2 Å². The van der Waals surface area contributed by atoms with Crippen LogP contribution < -0.4 is 5.32 Å². The number of amides is 1. The molecular weight excluding hydrogens is 919 g/mol. The Morgan fingerprint density at radius 3 is 1.42 bits per heavy atom. The summed E-state index contributed by atoms with van der Waals surface area (Å²) in [5.41, 5.74) is 0. The lowest BCUT2D eigenvalue weighted by Gasteiger charge is -2.41. The van der Waals surface area contributed by atoms with Gasteiger partial charge in [0.2, 0.25) is 5.91 Å². The monoisotopic (exact) mass is 1030 g/mol. The van der Waals surface area contributed by atoms with Crippen molar-refractivity contribution >= 4 is 11.9 Å². The average Bonchev–Trinajstić information content (AvgIpc) is 3.39. The topological polar surface area (TPSA) is 175 Å². The minimum absolute atomic E-state index is 0.127. The first-order valence-electron chi connectivity index (χ1n) is 30.8. The highest BCUT2D eigenvalue weighted by atomic mass is 16.7. The van der Waals surface area contributed by atoms with E-state index in [1.165, 1.54) is 154 Å². The van der Waals surface area contributed by atoms with Crippen LogP contribution in [-0.4, -0.2) is 99.6 Å². The number of hydrogen-bond acceptors (Lipinski definition) is 10. The van der Waals surface area contributed by atoms with Crippen LogP contribution in [0.4, 0.5) is 0 Å². The fourth-order valence-electron chi connectivity index (χ4n) is 9.62. The summed E-state index contributed by atoms with van der Waals surface area (Å²) in [5, 5.41) is 56.9. The van der Waals surface area contributed by atoms with Gasteiger partial charge in [0.25, 0.3) is 0 Å². The SMILES string of the molecule is CCCCC/C=C\C/C=C\CCCCCCCCC(O)C(=O)NC(COC1OC(CO)C(O)C(O)C1OC(=O)CCCCCCCCCCCCCCCCC)C(O)/C=C/CCCCCCCCCCCCC. The first-order valence-corrected chi connectivity index (χ1v) is 30.8. The molecule has 1 rings (SSSR count). The molecule has 73 heavy (non-hydrogen) atoms.